The lowest BCUT2D eigenvalue weighted by Crippen LogP contribution is -2.25. The van der Waals surface area contributed by atoms with Gasteiger partial charge in [0.05, 0.1) is 6.42 Å². The maximum absolute atomic E-state index is 11.5. The van der Waals surface area contributed by atoms with Crippen LogP contribution in [0.5, 0.6) is 0 Å². The number of esters is 1. The quantitative estimate of drug-likeness (QED) is 0.534. The van der Waals surface area contributed by atoms with Gasteiger partial charge < -0.3 is 4.74 Å². The fraction of sp³-hybridized carbons (Fsp3) is 0.786. The van der Waals surface area contributed by atoms with Gasteiger partial charge in [0.25, 0.3) is 0 Å². The van der Waals surface area contributed by atoms with Crippen LogP contribution in [-0.2, 0) is 9.53 Å². The third-order valence-corrected chi connectivity index (χ3v) is 4.56. The summed E-state index contributed by atoms with van der Waals surface area (Å²) in [5.74, 6) is -0.0542. The van der Waals surface area contributed by atoms with Gasteiger partial charge >= 0.3 is 5.97 Å². The maximum atomic E-state index is 11.5. The molecule has 17 heavy (non-hydrogen) atoms. The summed E-state index contributed by atoms with van der Waals surface area (Å²) < 4.78 is 6.77. The smallest absolute Gasteiger partial charge is 0.307 e. The Morgan fingerprint density at radius 1 is 1.35 bits per heavy atom. The molecule has 1 rings (SSSR count). The predicted molar refractivity (Wildman–Crippen MR) is 79.1 cm³/mol. The van der Waals surface area contributed by atoms with E-state index < -0.39 is 0 Å². The first kappa shape index (κ1) is 15.0. The molecule has 1 unspecified atom stereocenters. The molecule has 0 aliphatic carbocycles. The van der Waals surface area contributed by atoms with Crippen LogP contribution >= 0.6 is 22.6 Å². The van der Waals surface area contributed by atoms with E-state index >= 15 is 0 Å². The van der Waals surface area contributed by atoms with Gasteiger partial charge in [-0.15, -0.1) is 0 Å². The molecule has 3 heteroatoms. The van der Waals surface area contributed by atoms with E-state index in [1.54, 1.807) is 0 Å². The maximum Gasteiger partial charge on any atom is 0.307 e. The summed E-state index contributed by atoms with van der Waals surface area (Å²) in [5.41, 5.74) is 1.42. The Morgan fingerprint density at radius 2 is 1.88 bits per heavy atom. The molecular weight excluding hydrogens is 327 g/mol. The topological polar surface area (TPSA) is 26.3 Å². The van der Waals surface area contributed by atoms with Crippen LogP contribution < -0.4 is 0 Å². The average Bonchev–Trinajstić information content (AvgIpc) is 2.50. The first-order valence-electron chi connectivity index (χ1n) is 6.49. The third kappa shape index (κ3) is 3.70. The Balaban J connectivity index is 2.95. The van der Waals surface area contributed by atoms with Crippen LogP contribution in [0.1, 0.15) is 59.8 Å². The molecule has 2 nitrogen and oxygen atoms in total. The summed E-state index contributed by atoms with van der Waals surface area (Å²) in [7, 11) is 0. The van der Waals surface area contributed by atoms with E-state index in [1.807, 2.05) is 0 Å². The number of hydrogen-bond acceptors (Lipinski definition) is 2. The van der Waals surface area contributed by atoms with Gasteiger partial charge in [-0.25, -0.2) is 0 Å². The number of carbonyl (C=O) groups is 1. The highest BCUT2D eigenvalue weighted by Gasteiger charge is 2.43. The number of halogens is 1. The molecule has 0 radical (unpaired) electrons. The highest BCUT2D eigenvalue weighted by Crippen LogP contribution is 2.42. The van der Waals surface area contributed by atoms with Crippen LogP contribution in [0.15, 0.2) is 9.15 Å². The van der Waals surface area contributed by atoms with Crippen molar-refractivity contribution >= 4 is 28.6 Å². The van der Waals surface area contributed by atoms with Crippen molar-refractivity contribution in [1.29, 1.82) is 0 Å². The van der Waals surface area contributed by atoms with Crippen molar-refractivity contribution in [2.75, 3.05) is 0 Å². The molecule has 0 bridgehead atoms. The van der Waals surface area contributed by atoms with Crippen LogP contribution in [0, 0.1) is 5.41 Å². The standard InChI is InChI=1S/C14H23IO2/c1-5-7-10(8-6-2)12(15)13-14(3,4)9-11(16)17-13/h13H,5-9H2,1-4H3. The fourth-order valence-corrected chi connectivity index (χ4v) is 3.85. The minimum Gasteiger partial charge on any atom is -0.456 e. The lowest BCUT2D eigenvalue weighted by molar-refractivity contribution is -0.140. The van der Waals surface area contributed by atoms with Gasteiger partial charge in [-0.05, 0) is 35.4 Å². The summed E-state index contributed by atoms with van der Waals surface area (Å²) >= 11 is 2.39. The van der Waals surface area contributed by atoms with Crippen molar-refractivity contribution in [2.45, 2.75) is 65.9 Å². The lowest BCUT2D eigenvalue weighted by Gasteiger charge is -2.25. The van der Waals surface area contributed by atoms with Crippen LogP contribution in [0.25, 0.3) is 0 Å². The molecule has 0 N–H and O–H groups in total. The molecule has 0 amide bonds. The predicted octanol–water partition coefficient (Wildman–Crippen LogP) is 4.62. The Hall–Kier alpha value is -0.0600. The average molecular weight is 350 g/mol. The van der Waals surface area contributed by atoms with E-state index in [1.165, 1.54) is 9.15 Å². The molecule has 1 saturated heterocycles. The van der Waals surface area contributed by atoms with Gasteiger partial charge in [-0.2, -0.15) is 0 Å². The zero-order chi connectivity index (χ0) is 13.1. The van der Waals surface area contributed by atoms with E-state index in [2.05, 4.69) is 50.3 Å². The SMILES string of the molecule is CCCC(CCC)=C(I)C1OC(=O)CC1(C)C. The zero-order valence-electron chi connectivity index (χ0n) is 11.3. The molecule has 1 aliphatic heterocycles. The molecule has 0 aromatic heterocycles. The highest BCUT2D eigenvalue weighted by atomic mass is 127. The monoisotopic (exact) mass is 350 g/mol. The number of carbonyl (C=O) groups excluding carboxylic acids is 1. The van der Waals surface area contributed by atoms with E-state index in [4.69, 9.17) is 4.74 Å². The minimum atomic E-state index is -0.0552. The Bertz CT molecular complexity index is 310. The van der Waals surface area contributed by atoms with E-state index in [0.717, 1.165) is 25.7 Å². The molecule has 0 aromatic rings. The second-order valence-electron chi connectivity index (χ2n) is 5.49. The van der Waals surface area contributed by atoms with Gasteiger partial charge in [0.1, 0.15) is 6.10 Å². The zero-order valence-corrected chi connectivity index (χ0v) is 13.5. The number of allylic oxidation sites excluding steroid dienone is 1. The molecule has 0 aromatic carbocycles. The van der Waals surface area contributed by atoms with Crippen molar-refractivity contribution in [3.05, 3.63) is 9.15 Å². The van der Waals surface area contributed by atoms with Gasteiger partial charge in [0.15, 0.2) is 0 Å². The van der Waals surface area contributed by atoms with Crippen molar-refractivity contribution in [3.63, 3.8) is 0 Å². The first-order valence-corrected chi connectivity index (χ1v) is 7.57. The van der Waals surface area contributed by atoms with Crippen LogP contribution in [-0.4, -0.2) is 12.1 Å². The van der Waals surface area contributed by atoms with E-state index in [9.17, 15) is 4.79 Å². The van der Waals surface area contributed by atoms with Gasteiger partial charge in [0.2, 0.25) is 0 Å². The summed E-state index contributed by atoms with van der Waals surface area (Å²) in [5, 5.41) is 0. The lowest BCUT2D eigenvalue weighted by atomic mass is 9.84. The van der Waals surface area contributed by atoms with Gasteiger partial charge in [0, 0.05) is 8.99 Å². The normalized spacial score (nSPS) is 22.4. The van der Waals surface area contributed by atoms with Crippen LogP contribution in [0.3, 0.4) is 0 Å². The minimum absolute atomic E-state index is 0.0244. The van der Waals surface area contributed by atoms with Crippen LogP contribution in [0.4, 0.5) is 0 Å². The number of hydrogen-bond donors (Lipinski definition) is 0. The second kappa shape index (κ2) is 6.21. The van der Waals surface area contributed by atoms with Crippen molar-refractivity contribution in [1.82, 2.24) is 0 Å². The van der Waals surface area contributed by atoms with Gasteiger partial charge in [-0.3, -0.25) is 4.79 Å². The van der Waals surface area contributed by atoms with Crippen LogP contribution in [0.2, 0.25) is 0 Å². The Labute approximate surface area is 118 Å². The van der Waals surface area contributed by atoms with Gasteiger partial charge in [-0.1, -0.05) is 46.1 Å². The molecular formula is C14H23IO2. The third-order valence-electron chi connectivity index (χ3n) is 3.23. The summed E-state index contributed by atoms with van der Waals surface area (Å²) in [4.78, 5) is 11.5. The van der Waals surface area contributed by atoms with E-state index in [0.29, 0.717) is 6.42 Å². The fourth-order valence-electron chi connectivity index (χ4n) is 2.34. The molecule has 1 aliphatic rings. The largest absolute Gasteiger partial charge is 0.456 e. The second-order valence-corrected chi connectivity index (χ2v) is 6.65. The molecule has 98 valence electrons. The Morgan fingerprint density at radius 3 is 2.24 bits per heavy atom. The van der Waals surface area contributed by atoms with E-state index in [-0.39, 0.29) is 17.5 Å². The summed E-state index contributed by atoms with van der Waals surface area (Å²) in [6.07, 6.45) is 5.07. The highest BCUT2D eigenvalue weighted by molar-refractivity contribution is 14.1. The Kier molecular flexibility index (Phi) is 5.48. The summed E-state index contributed by atoms with van der Waals surface area (Å²) in [6, 6.07) is 0. The summed E-state index contributed by atoms with van der Waals surface area (Å²) in [6.45, 7) is 8.64. The number of ether oxygens (including phenoxy) is 1. The van der Waals surface area contributed by atoms with Crippen molar-refractivity contribution in [3.8, 4) is 0 Å². The molecule has 0 spiro atoms. The molecule has 1 atom stereocenters. The number of cyclic esters (lactones) is 1. The first-order chi connectivity index (χ1) is 7.92. The van der Waals surface area contributed by atoms with Crippen molar-refractivity contribution < 1.29 is 9.53 Å². The molecule has 1 fully saturated rings. The molecule has 0 saturated carbocycles. The van der Waals surface area contributed by atoms with Crippen molar-refractivity contribution in [2.24, 2.45) is 5.41 Å². The number of rotatable bonds is 5. The molecule has 1 heterocycles.